The average Bonchev–Trinajstić information content (AvgIpc) is 2.62. The molecule has 0 fully saturated rings. The molecule has 98 valence electrons. The quantitative estimate of drug-likeness (QED) is 0.759. The second-order valence-electron chi connectivity index (χ2n) is 4.98. The number of aryl methyl sites for hydroxylation is 1. The zero-order valence-corrected chi connectivity index (χ0v) is 12.5. The van der Waals surface area contributed by atoms with Gasteiger partial charge in [-0.1, -0.05) is 0 Å². The number of hydrogen-bond donors (Lipinski definition) is 1. The Morgan fingerprint density at radius 1 is 1.29 bits per heavy atom. The van der Waals surface area contributed by atoms with Gasteiger partial charge in [-0.15, -0.1) is 11.3 Å². The Hall–Kier alpha value is -0.450. The smallest absolute Gasteiger partial charge is 0.107 e. The number of aromatic nitrogens is 1. The van der Waals surface area contributed by atoms with Gasteiger partial charge in [0.2, 0.25) is 0 Å². The van der Waals surface area contributed by atoms with Crippen molar-refractivity contribution >= 4 is 11.3 Å². The number of hydrogen-bond acceptors (Lipinski definition) is 4. The Balaban J connectivity index is 2.23. The summed E-state index contributed by atoms with van der Waals surface area (Å²) in [5.74, 6) is 0. The Bertz CT molecular complexity index is 312. The van der Waals surface area contributed by atoms with Gasteiger partial charge in [0.25, 0.3) is 0 Å². The predicted octanol–water partition coefficient (Wildman–Crippen LogP) is 2.66. The summed E-state index contributed by atoms with van der Waals surface area (Å²) in [4.78, 5) is 6.94. The Morgan fingerprint density at radius 2 is 1.94 bits per heavy atom. The molecular weight excluding hydrogens is 230 g/mol. The number of nitrogens with one attached hydrogen (secondary N) is 1. The minimum atomic E-state index is 0.610. The first-order valence-electron chi connectivity index (χ1n) is 6.38. The maximum Gasteiger partial charge on any atom is 0.107 e. The highest BCUT2D eigenvalue weighted by Crippen LogP contribution is 2.08. The zero-order chi connectivity index (χ0) is 12.8. The van der Waals surface area contributed by atoms with E-state index in [2.05, 4.69) is 48.3 Å². The van der Waals surface area contributed by atoms with Crippen LogP contribution in [-0.2, 0) is 6.54 Å². The van der Waals surface area contributed by atoms with Crippen molar-refractivity contribution in [2.24, 2.45) is 0 Å². The van der Waals surface area contributed by atoms with Crippen LogP contribution in [0.1, 0.15) is 38.4 Å². The summed E-state index contributed by atoms with van der Waals surface area (Å²) in [7, 11) is 0. The van der Waals surface area contributed by atoms with Crippen LogP contribution in [0, 0.1) is 6.92 Å². The molecule has 0 saturated heterocycles. The van der Waals surface area contributed by atoms with Crippen molar-refractivity contribution in [1.82, 2.24) is 15.2 Å². The fraction of sp³-hybridized carbons (Fsp3) is 0.769. The molecule has 0 aliphatic carbocycles. The SMILES string of the molecule is Cc1csc(CNCCN(C(C)C)C(C)C)n1. The van der Waals surface area contributed by atoms with E-state index in [9.17, 15) is 0 Å². The highest BCUT2D eigenvalue weighted by Gasteiger charge is 2.12. The second kappa shape index (κ2) is 7.09. The molecule has 17 heavy (non-hydrogen) atoms. The van der Waals surface area contributed by atoms with Gasteiger partial charge in [0, 0.05) is 42.8 Å². The van der Waals surface area contributed by atoms with Gasteiger partial charge in [-0.3, -0.25) is 4.90 Å². The molecule has 0 aromatic carbocycles. The van der Waals surface area contributed by atoms with Crippen LogP contribution < -0.4 is 5.32 Å². The van der Waals surface area contributed by atoms with E-state index in [1.165, 1.54) is 5.01 Å². The largest absolute Gasteiger partial charge is 0.309 e. The van der Waals surface area contributed by atoms with Crippen molar-refractivity contribution in [3.05, 3.63) is 16.1 Å². The fourth-order valence-corrected chi connectivity index (χ4v) is 2.74. The minimum Gasteiger partial charge on any atom is -0.309 e. The molecule has 0 saturated carbocycles. The number of rotatable bonds is 7. The van der Waals surface area contributed by atoms with Crippen LogP contribution in [-0.4, -0.2) is 35.1 Å². The van der Waals surface area contributed by atoms with Gasteiger partial charge in [-0.2, -0.15) is 0 Å². The fourth-order valence-electron chi connectivity index (χ4n) is 2.00. The molecule has 3 nitrogen and oxygen atoms in total. The topological polar surface area (TPSA) is 28.2 Å². The van der Waals surface area contributed by atoms with Crippen molar-refractivity contribution in [1.29, 1.82) is 0 Å². The Kier molecular flexibility index (Phi) is 6.09. The van der Waals surface area contributed by atoms with Crippen molar-refractivity contribution in [3.8, 4) is 0 Å². The van der Waals surface area contributed by atoms with Gasteiger partial charge in [0.15, 0.2) is 0 Å². The van der Waals surface area contributed by atoms with E-state index in [4.69, 9.17) is 0 Å². The van der Waals surface area contributed by atoms with E-state index < -0.39 is 0 Å². The second-order valence-corrected chi connectivity index (χ2v) is 5.93. The Morgan fingerprint density at radius 3 is 2.41 bits per heavy atom. The normalized spacial score (nSPS) is 12.0. The average molecular weight is 255 g/mol. The third kappa shape index (κ3) is 5.15. The molecule has 0 spiro atoms. The molecule has 0 amide bonds. The van der Waals surface area contributed by atoms with E-state index in [1.54, 1.807) is 11.3 Å². The van der Waals surface area contributed by atoms with Crippen molar-refractivity contribution < 1.29 is 0 Å². The maximum absolute atomic E-state index is 4.44. The summed E-state index contributed by atoms with van der Waals surface area (Å²) in [6.07, 6.45) is 0. The molecule has 1 heterocycles. The molecule has 0 atom stereocenters. The third-order valence-corrected chi connectivity index (χ3v) is 3.78. The van der Waals surface area contributed by atoms with Gasteiger partial charge in [-0.05, 0) is 34.6 Å². The summed E-state index contributed by atoms with van der Waals surface area (Å²) in [6.45, 7) is 14.1. The lowest BCUT2D eigenvalue weighted by molar-refractivity contribution is 0.176. The molecule has 0 aliphatic rings. The van der Waals surface area contributed by atoms with Gasteiger partial charge in [0.05, 0.1) is 0 Å². The monoisotopic (exact) mass is 255 g/mol. The van der Waals surface area contributed by atoms with Crippen LogP contribution in [0.3, 0.4) is 0 Å². The summed E-state index contributed by atoms with van der Waals surface area (Å²) < 4.78 is 0. The predicted molar refractivity (Wildman–Crippen MR) is 75.5 cm³/mol. The molecule has 1 aromatic rings. The van der Waals surface area contributed by atoms with E-state index >= 15 is 0 Å². The maximum atomic E-state index is 4.44. The molecule has 0 radical (unpaired) electrons. The first-order valence-corrected chi connectivity index (χ1v) is 7.26. The minimum absolute atomic E-state index is 0.610. The van der Waals surface area contributed by atoms with Gasteiger partial charge < -0.3 is 5.32 Å². The van der Waals surface area contributed by atoms with Crippen LogP contribution in [0.25, 0.3) is 0 Å². The molecular formula is C13H25N3S. The summed E-state index contributed by atoms with van der Waals surface area (Å²) >= 11 is 1.73. The number of nitrogens with zero attached hydrogens (tertiary/aromatic N) is 2. The number of thiazole rings is 1. The van der Waals surface area contributed by atoms with E-state index in [0.29, 0.717) is 12.1 Å². The lowest BCUT2D eigenvalue weighted by atomic mass is 10.2. The van der Waals surface area contributed by atoms with Crippen LogP contribution in [0.4, 0.5) is 0 Å². The van der Waals surface area contributed by atoms with Crippen LogP contribution >= 0.6 is 11.3 Å². The van der Waals surface area contributed by atoms with E-state index in [0.717, 1.165) is 25.3 Å². The van der Waals surface area contributed by atoms with Gasteiger partial charge >= 0.3 is 0 Å². The first-order chi connectivity index (χ1) is 8.00. The molecule has 0 bridgehead atoms. The molecule has 0 aliphatic heterocycles. The highest BCUT2D eigenvalue weighted by molar-refractivity contribution is 7.09. The van der Waals surface area contributed by atoms with Crippen LogP contribution in [0.5, 0.6) is 0 Å². The molecule has 1 N–H and O–H groups in total. The molecule has 4 heteroatoms. The standard InChI is InChI=1S/C13H25N3S/c1-10(2)16(11(3)4)7-6-14-8-13-15-12(5)9-17-13/h9-11,14H,6-8H2,1-5H3. The van der Waals surface area contributed by atoms with E-state index in [-0.39, 0.29) is 0 Å². The third-order valence-electron chi connectivity index (χ3n) is 2.82. The summed E-state index contributed by atoms with van der Waals surface area (Å²) in [5.41, 5.74) is 1.12. The van der Waals surface area contributed by atoms with Crippen LogP contribution in [0.2, 0.25) is 0 Å². The highest BCUT2D eigenvalue weighted by atomic mass is 32.1. The van der Waals surface area contributed by atoms with Crippen molar-refractivity contribution in [2.45, 2.75) is 53.2 Å². The molecule has 1 rings (SSSR count). The molecule has 0 unspecified atom stereocenters. The van der Waals surface area contributed by atoms with E-state index in [1.807, 2.05) is 6.92 Å². The van der Waals surface area contributed by atoms with Gasteiger partial charge in [-0.25, -0.2) is 4.98 Å². The first kappa shape index (κ1) is 14.6. The molecule has 1 aromatic heterocycles. The van der Waals surface area contributed by atoms with Crippen LogP contribution in [0.15, 0.2) is 5.38 Å². The van der Waals surface area contributed by atoms with Gasteiger partial charge in [0.1, 0.15) is 5.01 Å². The summed E-state index contributed by atoms with van der Waals surface area (Å²) in [6, 6.07) is 1.22. The Labute approximate surface area is 109 Å². The van der Waals surface area contributed by atoms with Crippen molar-refractivity contribution in [2.75, 3.05) is 13.1 Å². The lowest BCUT2D eigenvalue weighted by Gasteiger charge is -2.30. The van der Waals surface area contributed by atoms with Crippen molar-refractivity contribution in [3.63, 3.8) is 0 Å². The summed E-state index contributed by atoms with van der Waals surface area (Å²) in [5, 5.41) is 6.75. The zero-order valence-electron chi connectivity index (χ0n) is 11.7. The lowest BCUT2D eigenvalue weighted by Crippen LogP contribution is -2.41.